The molecule has 0 saturated heterocycles. The van der Waals surface area contributed by atoms with Crippen molar-refractivity contribution < 1.29 is 4.79 Å². The molecule has 28 heavy (non-hydrogen) atoms. The number of hydrogen-bond donors (Lipinski definition) is 1. The Morgan fingerprint density at radius 3 is 2.93 bits per heavy atom. The number of carbonyl (C=O) groups is 1. The fourth-order valence-electron chi connectivity index (χ4n) is 2.88. The molecule has 5 rings (SSSR count). The average molecular weight is 459 g/mol. The van der Waals surface area contributed by atoms with Crippen molar-refractivity contribution >= 4 is 44.6 Å². The van der Waals surface area contributed by atoms with Gasteiger partial charge in [-0.1, -0.05) is 27.5 Å². The van der Waals surface area contributed by atoms with Crippen molar-refractivity contribution in [3.05, 3.63) is 57.8 Å². The zero-order valence-electron chi connectivity index (χ0n) is 14.4. The van der Waals surface area contributed by atoms with Gasteiger partial charge in [0, 0.05) is 16.2 Å². The van der Waals surface area contributed by atoms with Crippen LogP contribution in [0.25, 0.3) is 16.9 Å². The standard InChI is InChI=1S/C18H13BrClN7O/c19-11-5-6-26-16(8-11)13(9-21-26)18(28)22-15-7-10(1-4-14(15)20)17-23-25-27(24-17)12-2-3-12/h1,4-9,12H,2-3H2,(H,22,28). The Labute approximate surface area is 172 Å². The second kappa shape index (κ2) is 6.68. The lowest BCUT2D eigenvalue weighted by Crippen LogP contribution is -2.12. The number of aromatic nitrogens is 6. The van der Waals surface area contributed by atoms with Crippen molar-refractivity contribution in [3.8, 4) is 11.4 Å². The van der Waals surface area contributed by atoms with E-state index in [0.717, 1.165) is 22.9 Å². The molecule has 1 aromatic carbocycles. The van der Waals surface area contributed by atoms with Crippen LogP contribution in [0.5, 0.6) is 0 Å². The third-order valence-corrected chi connectivity index (χ3v) is 5.33. The Hall–Kier alpha value is -2.78. The van der Waals surface area contributed by atoms with Crippen LogP contribution in [0, 0.1) is 0 Å². The molecule has 1 aliphatic carbocycles. The van der Waals surface area contributed by atoms with E-state index in [1.807, 2.05) is 12.1 Å². The van der Waals surface area contributed by atoms with Crippen LogP contribution >= 0.6 is 27.5 Å². The fourth-order valence-corrected chi connectivity index (χ4v) is 3.38. The molecular formula is C18H13BrClN7O. The Balaban J connectivity index is 1.45. The molecule has 8 nitrogen and oxygen atoms in total. The average Bonchev–Trinajstić information content (AvgIpc) is 3.26. The number of benzene rings is 1. The van der Waals surface area contributed by atoms with E-state index in [1.165, 1.54) is 6.20 Å². The lowest BCUT2D eigenvalue weighted by Gasteiger charge is -2.08. The molecule has 1 aliphatic rings. The maximum atomic E-state index is 12.8. The molecule has 0 bridgehead atoms. The quantitative estimate of drug-likeness (QED) is 0.499. The largest absolute Gasteiger partial charge is 0.320 e. The summed E-state index contributed by atoms with van der Waals surface area (Å²) >= 11 is 9.71. The minimum absolute atomic E-state index is 0.304. The van der Waals surface area contributed by atoms with Gasteiger partial charge in [-0.05, 0) is 48.4 Å². The summed E-state index contributed by atoms with van der Waals surface area (Å²) in [5, 5.41) is 20.1. The van der Waals surface area contributed by atoms with Crippen LogP contribution in [0.15, 0.2) is 47.2 Å². The van der Waals surface area contributed by atoms with Crippen LogP contribution in [-0.4, -0.2) is 35.7 Å². The van der Waals surface area contributed by atoms with E-state index in [-0.39, 0.29) is 5.91 Å². The summed E-state index contributed by atoms with van der Waals surface area (Å²) in [6.07, 6.45) is 5.46. The molecule has 0 atom stereocenters. The second-order valence-electron chi connectivity index (χ2n) is 6.55. The van der Waals surface area contributed by atoms with E-state index in [2.05, 4.69) is 41.8 Å². The van der Waals surface area contributed by atoms with E-state index in [9.17, 15) is 4.79 Å². The van der Waals surface area contributed by atoms with Gasteiger partial charge >= 0.3 is 0 Å². The van der Waals surface area contributed by atoms with Gasteiger partial charge in [0.1, 0.15) is 0 Å². The van der Waals surface area contributed by atoms with Crippen LogP contribution in [0.4, 0.5) is 5.69 Å². The Morgan fingerprint density at radius 1 is 1.25 bits per heavy atom. The molecule has 0 aliphatic heterocycles. The van der Waals surface area contributed by atoms with Gasteiger partial charge in [-0.2, -0.15) is 9.90 Å². The SMILES string of the molecule is O=C(Nc1cc(-c2nnn(C3CC3)n2)ccc1Cl)c1cnn2ccc(Br)cc12. The van der Waals surface area contributed by atoms with Crippen LogP contribution in [0.2, 0.25) is 5.02 Å². The monoisotopic (exact) mass is 457 g/mol. The van der Waals surface area contributed by atoms with Crippen molar-refractivity contribution in [2.75, 3.05) is 5.32 Å². The first-order valence-corrected chi connectivity index (χ1v) is 9.79. The topological polar surface area (TPSA) is 90.0 Å². The van der Waals surface area contributed by atoms with Gasteiger partial charge < -0.3 is 5.32 Å². The van der Waals surface area contributed by atoms with Gasteiger partial charge in [0.05, 0.1) is 34.0 Å². The van der Waals surface area contributed by atoms with Crippen molar-refractivity contribution in [2.45, 2.75) is 18.9 Å². The normalized spacial score (nSPS) is 13.8. The summed E-state index contributed by atoms with van der Waals surface area (Å²) in [7, 11) is 0. The zero-order chi connectivity index (χ0) is 19.3. The molecule has 0 radical (unpaired) electrons. The summed E-state index contributed by atoms with van der Waals surface area (Å²) in [4.78, 5) is 14.5. The van der Waals surface area contributed by atoms with E-state index in [4.69, 9.17) is 11.6 Å². The summed E-state index contributed by atoms with van der Waals surface area (Å²) in [6, 6.07) is 9.29. The number of nitrogens with one attached hydrogen (secondary N) is 1. The Kier molecular flexibility index (Phi) is 4.13. The molecule has 140 valence electrons. The van der Waals surface area contributed by atoms with Gasteiger partial charge in [0.2, 0.25) is 5.82 Å². The zero-order valence-corrected chi connectivity index (χ0v) is 16.7. The number of nitrogens with zero attached hydrogens (tertiary/aromatic N) is 6. The van der Waals surface area contributed by atoms with Gasteiger partial charge in [-0.15, -0.1) is 10.2 Å². The van der Waals surface area contributed by atoms with Gasteiger partial charge in [0.15, 0.2) is 0 Å². The lowest BCUT2D eigenvalue weighted by molar-refractivity contribution is 0.102. The van der Waals surface area contributed by atoms with Gasteiger partial charge in [-0.3, -0.25) is 4.79 Å². The first-order valence-electron chi connectivity index (χ1n) is 8.62. The molecule has 1 fully saturated rings. The van der Waals surface area contributed by atoms with Crippen molar-refractivity contribution in [3.63, 3.8) is 0 Å². The summed E-state index contributed by atoms with van der Waals surface area (Å²) < 4.78 is 2.50. The summed E-state index contributed by atoms with van der Waals surface area (Å²) in [6.45, 7) is 0. The first-order chi connectivity index (χ1) is 13.6. The molecular weight excluding hydrogens is 446 g/mol. The summed E-state index contributed by atoms with van der Waals surface area (Å²) in [5.74, 6) is 0.195. The molecule has 4 aromatic rings. The van der Waals surface area contributed by atoms with Crippen molar-refractivity contribution in [2.24, 2.45) is 0 Å². The predicted octanol–water partition coefficient (Wildman–Crippen LogP) is 3.99. The number of fused-ring (bicyclic) bond motifs is 1. The lowest BCUT2D eigenvalue weighted by atomic mass is 10.1. The van der Waals surface area contributed by atoms with Gasteiger partial charge in [0.25, 0.3) is 5.91 Å². The van der Waals surface area contributed by atoms with E-state index in [1.54, 1.807) is 33.7 Å². The molecule has 3 aromatic heterocycles. The second-order valence-corrected chi connectivity index (χ2v) is 7.87. The molecule has 1 saturated carbocycles. The number of hydrogen-bond acceptors (Lipinski definition) is 5. The van der Waals surface area contributed by atoms with Crippen LogP contribution in [0.3, 0.4) is 0 Å². The number of pyridine rings is 1. The number of carbonyl (C=O) groups excluding carboxylic acids is 1. The van der Waals surface area contributed by atoms with E-state index in [0.29, 0.717) is 33.7 Å². The molecule has 1 amide bonds. The fraction of sp³-hybridized carbons (Fsp3) is 0.167. The van der Waals surface area contributed by atoms with Gasteiger partial charge in [-0.25, -0.2) is 4.52 Å². The maximum Gasteiger partial charge on any atom is 0.259 e. The third kappa shape index (κ3) is 3.16. The Morgan fingerprint density at radius 2 is 2.11 bits per heavy atom. The number of halogens is 2. The molecule has 3 heterocycles. The molecule has 10 heteroatoms. The van der Waals surface area contributed by atoms with Crippen LogP contribution < -0.4 is 5.32 Å². The molecule has 0 unspecified atom stereocenters. The first kappa shape index (κ1) is 17.3. The highest BCUT2D eigenvalue weighted by molar-refractivity contribution is 9.10. The minimum Gasteiger partial charge on any atom is -0.320 e. The third-order valence-electron chi connectivity index (χ3n) is 4.50. The highest BCUT2D eigenvalue weighted by Crippen LogP contribution is 2.34. The summed E-state index contributed by atoms with van der Waals surface area (Å²) in [5.41, 5.74) is 2.34. The van der Waals surface area contributed by atoms with E-state index < -0.39 is 0 Å². The highest BCUT2D eigenvalue weighted by atomic mass is 79.9. The smallest absolute Gasteiger partial charge is 0.259 e. The number of tetrazole rings is 1. The maximum absolute atomic E-state index is 12.8. The minimum atomic E-state index is -0.304. The highest BCUT2D eigenvalue weighted by Gasteiger charge is 2.26. The van der Waals surface area contributed by atoms with Crippen LogP contribution in [0.1, 0.15) is 29.2 Å². The van der Waals surface area contributed by atoms with Crippen LogP contribution in [-0.2, 0) is 0 Å². The van der Waals surface area contributed by atoms with Crippen molar-refractivity contribution in [1.82, 2.24) is 29.8 Å². The molecule has 1 N–H and O–H groups in total. The Bertz CT molecular complexity index is 1210. The predicted molar refractivity (Wildman–Crippen MR) is 107 cm³/mol. The number of anilines is 1. The van der Waals surface area contributed by atoms with Crippen molar-refractivity contribution in [1.29, 1.82) is 0 Å². The molecule has 0 spiro atoms. The number of rotatable bonds is 4. The number of amides is 1. The van der Waals surface area contributed by atoms with E-state index >= 15 is 0 Å².